The van der Waals surface area contributed by atoms with Crippen LogP contribution in [0, 0.1) is 5.92 Å². The molecule has 15 heavy (non-hydrogen) atoms. The molecule has 0 saturated carbocycles. The van der Waals surface area contributed by atoms with E-state index in [2.05, 4.69) is 6.92 Å². The molecule has 1 rings (SSSR count). The first-order valence-corrected chi connectivity index (χ1v) is 5.25. The van der Waals surface area contributed by atoms with Crippen LogP contribution >= 0.6 is 0 Å². The molecule has 2 unspecified atom stereocenters. The molecule has 1 heterocycles. The van der Waals surface area contributed by atoms with E-state index in [0.717, 1.165) is 6.54 Å². The van der Waals surface area contributed by atoms with E-state index in [4.69, 9.17) is 15.2 Å². The number of likely N-dealkylation sites (tertiary alicyclic amines) is 1. The first-order chi connectivity index (χ1) is 7.15. The molecule has 0 bridgehead atoms. The Labute approximate surface area is 90.5 Å². The third-order valence-corrected chi connectivity index (χ3v) is 2.68. The summed E-state index contributed by atoms with van der Waals surface area (Å²) >= 11 is 0. The van der Waals surface area contributed by atoms with Gasteiger partial charge in [-0.1, -0.05) is 6.92 Å². The summed E-state index contributed by atoms with van der Waals surface area (Å²) in [6.07, 6.45) is 0. The number of carbonyl (C=O) groups excluding carboxylic acids is 1. The quantitative estimate of drug-likeness (QED) is 0.627. The Morgan fingerprint density at radius 3 is 2.73 bits per heavy atom. The highest BCUT2D eigenvalue weighted by Crippen LogP contribution is 2.14. The SMILES string of the molecule is COCCOCC(=O)N1CC(C)C(N)C1. The zero-order valence-electron chi connectivity index (χ0n) is 9.44. The van der Waals surface area contributed by atoms with Crippen LogP contribution in [0.2, 0.25) is 0 Å². The summed E-state index contributed by atoms with van der Waals surface area (Å²) in [5.41, 5.74) is 5.83. The first-order valence-electron chi connectivity index (χ1n) is 5.25. The summed E-state index contributed by atoms with van der Waals surface area (Å²) in [4.78, 5) is 13.4. The van der Waals surface area contributed by atoms with E-state index in [-0.39, 0.29) is 18.6 Å². The van der Waals surface area contributed by atoms with Gasteiger partial charge in [0.25, 0.3) is 0 Å². The van der Waals surface area contributed by atoms with E-state index >= 15 is 0 Å². The van der Waals surface area contributed by atoms with Crippen molar-refractivity contribution in [2.45, 2.75) is 13.0 Å². The molecule has 1 aliphatic rings. The van der Waals surface area contributed by atoms with Gasteiger partial charge in [0.15, 0.2) is 0 Å². The van der Waals surface area contributed by atoms with Gasteiger partial charge >= 0.3 is 0 Å². The molecule has 0 spiro atoms. The minimum atomic E-state index is 0.0194. The molecule has 0 aromatic carbocycles. The Kier molecular flexibility index (Phi) is 5.01. The lowest BCUT2D eigenvalue weighted by atomic mass is 10.1. The normalized spacial score (nSPS) is 25.9. The van der Waals surface area contributed by atoms with Gasteiger partial charge in [0, 0.05) is 26.2 Å². The Balaban J connectivity index is 2.18. The van der Waals surface area contributed by atoms with E-state index in [1.807, 2.05) is 0 Å². The molecular weight excluding hydrogens is 196 g/mol. The van der Waals surface area contributed by atoms with Gasteiger partial charge in [0.05, 0.1) is 13.2 Å². The highest BCUT2D eigenvalue weighted by molar-refractivity contribution is 5.77. The average Bonchev–Trinajstić information content (AvgIpc) is 2.54. The molecule has 5 nitrogen and oxygen atoms in total. The van der Waals surface area contributed by atoms with E-state index in [9.17, 15) is 4.79 Å². The minimum absolute atomic E-state index is 0.0194. The highest BCUT2D eigenvalue weighted by atomic mass is 16.5. The van der Waals surface area contributed by atoms with Gasteiger partial charge in [0.2, 0.25) is 5.91 Å². The number of nitrogens with two attached hydrogens (primary N) is 1. The van der Waals surface area contributed by atoms with Crippen LogP contribution in [0.5, 0.6) is 0 Å². The minimum Gasteiger partial charge on any atom is -0.382 e. The molecule has 0 aromatic heterocycles. The third kappa shape index (κ3) is 3.77. The monoisotopic (exact) mass is 216 g/mol. The first kappa shape index (κ1) is 12.4. The Bertz CT molecular complexity index is 201. The molecule has 0 radical (unpaired) electrons. The third-order valence-electron chi connectivity index (χ3n) is 2.68. The maximum Gasteiger partial charge on any atom is 0.248 e. The lowest BCUT2D eigenvalue weighted by molar-refractivity contribution is -0.135. The van der Waals surface area contributed by atoms with E-state index in [1.165, 1.54) is 0 Å². The molecule has 1 fully saturated rings. The molecule has 88 valence electrons. The number of hydrogen-bond donors (Lipinski definition) is 1. The molecule has 1 aliphatic heterocycles. The van der Waals surface area contributed by atoms with E-state index in [1.54, 1.807) is 12.0 Å². The number of methoxy groups -OCH3 is 1. The van der Waals surface area contributed by atoms with Gasteiger partial charge in [-0.05, 0) is 5.92 Å². The summed E-state index contributed by atoms with van der Waals surface area (Å²) in [6, 6.07) is 0.105. The van der Waals surface area contributed by atoms with Crippen LogP contribution in [0.3, 0.4) is 0 Å². The molecule has 5 heteroatoms. The van der Waals surface area contributed by atoms with E-state index in [0.29, 0.717) is 25.7 Å². The van der Waals surface area contributed by atoms with Crippen LogP contribution in [-0.2, 0) is 14.3 Å². The standard InChI is InChI=1S/C10H20N2O3/c1-8-5-12(6-9(8)11)10(13)7-15-4-3-14-2/h8-9H,3-7,11H2,1-2H3. The molecule has 0 aromatic rings. The summed E-state index contributed by atoms with van der Waals surface area (Å²) < 4.78 is 9.98. The van der Waals surface area contributed by atoms with Crippen molar-refractivity contribution >= 4 is 5.91 Å². The van der Waals surface area contributed by atoms with Gasteiger partial charge in [-0.25, -0.2) is 0 Å². The molecule has 2 atom stereocenters. The maximum absolute atomic E-state index is 11.6. The Hall–Kier alpha value is -0.650. The fourth-order valence-corrected chi connectivity index (χ4v) is 1.59. The van der Waals surface area contributed by atoms with Crippen molar-refractivity contribution in [3.63, 3.8) is 0 Å². The summed E-state index contributed by atoms with van der Waals surface area (Å²) in [5.74, 6) is 0.402. The van der Waals surface area contributed by atoms with Crippen molar-refractivity contribution < 1.29 is 14.3 Å². The van der Waals surface area contributed by atoms with Crippen molar-refractivity contribution in [2.24, 2.45) is 11.7 Å². The Morgan fingerprint density at radius 1 is 1.47 bits per heavy atom. The van der Waals surface area contributed by atoms with Crippen molar-refractivity contribution in [3.8, 4) is 0 Å². The van der Waals surface area contributed by atoms with Gasteiger partial charge in [-0.2, -0.15) is 0 Å². The van der Waals surface area contributed by atoms with Crippen molar-refractivity contribution in [3.05, 3.63) is 0 Å². The number of nitrogens with zero attached hydrogens (tertiary/aromatic N) is 1. The number of ether oxygens (including phenoxy) is 2. The van der Waals surface area contributed by atoms with Crippen LogP contribution < -0.4 is 5.73 Å². The predicted octanol–water partition coefficient (Wildman–Crippen LogP) is -0.545. The second-order valence-corrected chi connectivity index (χ2v) is 3.99. The zero-order valence-corrected chi connectivity index (χ0v) is 9.44. The van der Waals surface area contributed by atoms with Crippen LogP contribution in [0.25, 0.3) is 0 Å². The molecule has 1 amide bonds. The van der Waals surface area contributed by atoms with Crippen LogP contribution in [0.15, 0.2) is 0 Å². The van der Waals surface area contributed by atoms with Crippen LogP contribution in [0.4, 0.5) is 0 Å². The number of amides is 1. The maximum atomic E-state index is 11.6. The number of carbonyl (C=O) groups is 1. The van der Waals surface area contributed by atoms with Gasteiger partial charge < -0.3 is 20.1 Å². The van der Waals surface area contributed by atoms with Crippen LogP contribution in [0.1, 0.15) is 6.92 Å². The van der Waals surface area contributed by atoms with Crippen molar-refractivity contribution in [1.29, 1.82) is 0 Å². The summed E-state index contributed by atoms with van der Waals surface area (Å²) in [6.45, 7) is 4.55. The largest absolute Gasteiger partial charge is 0.382 e. The second kappa shape index (κ2) is 6.05. The van der Waals surface area contributed by atoms with Gasteiger partial charge in [-0.3, -0.25) is 4.79 Å². The topological polar surface area (TPSA) is 64.8 Å². The summed E-state index contributed by atoms with van der Waals surface area (Å²) in [5, 5.41) is 0. The summed E-state index contributed by atoms with van der Waals surface area (Å²) in [7, 11) is 1.60. The molecule has 1 saturated heterocycles. The predicted molar refractivity (Wildman–Crippen MR) is 56.4 cm³/mol. The number of rotatable bonds is 5. The molecule has 0 aliphatic carbocycles. The molecular formula is C10H20N2O3. The highest BCUT2D eigenvalue weighted by Gasteiger charge is 2.29. The van der Waals surface area contributed by atoms with Gasteiger partial charge in [0.1, 0.15) is 6.61 Å². The van der Waals surface area contributed by atoms with Crippen molar-refractivity contribution in [2.75, 3.05) is 40.0 Å². The fourth-order valence-electron chi connectivity index (χ4n) is 1.59. The van der Waals surface area contributed by atoms with Crippen molar-refractivity contribution in [1.82, 2.24) is 4.90 Å². The molecule has 2 N–H and O–H groups in total. The fraction of sp³-hybridized carbons (Fsp3) is 0.900. The smallest absolute Gasteiger partial charge is 0.248 e. The average molecular weight is 216 g/mol. The zero-order chi connectivity index (χ0) is 11.3. The van der Waals surface area contributed by atoms with E-state index < -0.39 is 0 Å². The number of hydrogen-bond acceptors (Lipinski definition) is 4. The Morgan fingerprint density at radius 2 is 2.20 bits per heavy atom. The van der Waals surface area contributed by atoms with Gasteiger partial charge in [-0.15, -0.1) is 0 Å². The lowest BCUT2D eigenvalue weighted by Gasteiger charge is -2.15. The lowest BCUT2D eigenvalue weighted by Crippen LogP contribution is -2.34. The van der Waals surface area contributed by atoms with Crippen LogP contribution in [-0.4, -0.2) is 56.9 Å². The second-order valence-electron chi connectivity index (χ2n) is 3.99.